The molecular formula is C21H26FN3O3. The molecule has 0 spiro atoms. The van der Waals surface area contributed by atoms with Crippen LogP contribution in [0.5, 0.6) is 5.75 Å². The Labute approximate surface area is 164 Å². The van der Waals surface area contributed by atoms with Crippen LogP contribution in [0.4, 0.5) is 4.39 Å². The molecule has 28 heavy (non-hydrogen) atoms. The zero-order valence-electron chi connectivity index (χ0n) is 16.0. The van der Waals surface area contributed by atoms with Crippen LogP contribution in [0.3, 0.4) is 0 Å². The van der Waals surface area contributed by atoms with Gasteiger partial charge in [0, 0.05) is 25.4 Å². The molecule has 1 aromatic heterocycles. The lowest BCUT2D eigenvalue weighted by atomic mass is 9.88. The lowest BCUT2D eigenvalue weighted by Crippen LogP contribution is -2.35. The monoisotopic (exact) mass is 387 g/mol. The molecule has 7 heteroatoms. The highest BCUT2D eigenvalue weighted by molar-refractivity contribution is 5.79. The zero-order valence-corrected chi connectivity index (χ0v) is 16.0. The standard InChI is InChI=1S/C21H26FN3O3/c22-17-6-8-18(9-7-17)27-13-11-19-23-20(28-24-19)16-10-12-25(14-16)21(26)15-4-2-1-3-5-15/h6-9,15-16H,1-5,10-14H2. The van der Waals surface area contributed by atoms with E-state index in [9.17, 15) is 9.18 Å². The van der Waals surface area contributed by atoms with Crippen molar-refractivity contribution in [2.75, 3.05) is 19.7 Å². The van der Waals surface area contributed by atoms with Crippen molar-refractivity contribution in [2.45, 2.75) is 50.9 Å². The molecule has 0 radical (unpaired) electrons. The molecule has 0 N–H and O–H groups in total. The van der Waals surface area contributed by atoms with Crippen molar-refractivity contribution in [3.63, 3.8) is 0 Å². The number of halogens is 1. The average Bonchev–Trinajstić information content (AvgIpc) is 3.39. The number of hydrogen-bond donors (Lipinski definition) is 0. The summed E-state index contributed by atoms with van der Waals surface area (Å²) < 4.78 is 23.9. The largest absolute Gasteiger partial charge is 0.493 e. The third kappa shape index (κ3) is 4.51. The van der Waals surface area contributed by atoms with Crippen molar-refractivity contribution in [1.29, 1.82) is 0 Å². The fourth-order valence-corrected chi connectivity index (χ4v) is 4.10. The Balaban J connectivity index is 1.26. The van der Waals surface area contributed by atoms with E-state index in [0.29, 0.717) is 42.9 Å². The number of nitrogens with zero attached hydrogens (tertiary/aromatic N) is 3. The van der Waals surface area contributed by atoms with E-state index >= 15 is 0 Å². The lowest BCUT2D eigenvalue weighted by Gasteiger charge is -2.26. The number of carbonyl (C=O) groups excluding carboxylic acids is 1. The molecule has 1 aromatic carbocycles. The molecule has 1 atom stereocenters. The highest BCUT2D eigenvalue weighted by Gasteiger charge is 2.34. The SMILES string of the molecule is O=C(C1CCCCC1)N1CCC(c2nc(CCOc3ccc(F)cc3)no2)C1. The molecule has 150 valence electrons. The number of ether oxygens (including phenoxy) is 1. The van der Waals surface area contributed by atoms with Crippen LogP contribution in [-0.4, -0.2) is 40.6 Å². The maximum absolute atomic E-state index is 12.9. The summed E-state index contributed by atoms with van der Waals surface area (Å²) in [6, 6.07) is 5.91. The molecule has 1 amide bonds. The van der Waals surface area contributed by atoms with Gasteiger partial charge in [-0.1, -0.05) is 24.4 Å². The van der Waals surface area contributed by atoms with E-state index < -0.39 is 0 Å². The van der Waals surface area contributed by atoms with Crippen molar-refractivity contribution in [3.8, 4) is 5.75 Å². The van der Waals surface area contributed by atoms with Crippen LogP contribution < -0.4 is 4.74 Å². The average molecular weight is 387 g/mol. The van der Waals surface area contributed by atoms with Gasteiger partial charge < -0.3 is 14.2 Å². The van der Waals surface area contributed by atoms with Crippen LogP contribution in [0.1, 0.15) is 56.2 Å². The first-order chi connectivity index (χ1) is 13.7. The molecule has 2 aromatic rings. The van der Waals surface area contributed by atoms with E-state index in [1.54, 1.807) is 12.1 Å². The van der Waals surface area contributed by atoms with E-state index in [0.717, 1.165) is 25.8 Å². The van der Waals surface area contributed by atoms with Gasteiger partial charge in [0.15, 0.2) is 5.82 Å². The first-order valence-corrected chi connectivity index (χ1v) is 10.2. The summed E-state index contributed by atoms with van der Waals surface area (Å²) in [7, 11) is 0. The number of rotatable bonds is 6. The molecule has 1 unspecified atom stereocenters. The highest BCUT2D eigenvalue weighted by Crippen LogP contribution is 2.31. The number of benzene rings is 1. The van der Waals surface area contributed by atoms with Crippen molar-refractivity contribution in [3.05, 3.63) is 41.8 Å². The highest BCUT2D eigenvalue weighted by atomic mass is 19.1. The van der Waals surface area contributed by atoms with Gasteiger partial charge in [-0.2, -0.15) is 4.98 Å². The summed E-state index contributed by atoms with van der Waals surface area (Å²) in [4.78, 5) is 19.2. The predicted molar refractivity (Wildman–Crippen MR) is 100 cm³/mol. The van der Waals surface area contributed by atoms with Gasteiger partial charge in [0.1, 0.15) is 11.6 Å². The van der Waals surface area contributed by atoms with Crippen LogP contribution >= 0.6 is 0 Å². The maximum atomic E-state index is 12.9. The summed E-state index contributed by atoms with van der Waals surface area (Å²) in [6.45, 7) is 1.83. The van der Waals surface area contributed by atoms with Crippen molar-refractivity contribution < 1.29 is 18.4 Å². The fourth-order valence-electron chi connectivity index (χ4n) is 4.10. The summed E-state index contributed by atoms with van der Waals surface area (Å²) >= 11 is 0. The third-order valence-electron chi connectivity index (χ3n) is 5.70. The number of carbonyl (C=O) groups is 1. The quantitative estimate of drug-likeness (QED) is 0.756. The van der Waals surface area contributed by atoms with Gasteiger partial charge >= 0.3 is 0 Å². The zero-order chi connectivity index (χ0) is 19.3. The Morgan fingerprint density at radius 2 is 1.96 bits per heavy atom. The first kappa shape index (κ1) is 18.9. The van der Waals surface area contributed by atoms with Crippen LogP contribution in [0.15, 0.2) is 28.8 Å². The first-order valence-electron chi connectivity index (χ1n) is 10.2. The molecule has 6 nitrogen and oxygen atoms in total. The summed E-state index contributed by atoms with van der Waals surface area (Å²) in [5.74, 6) is 2.14. The van der Waals surface area contributed by atoms with Gasteiger partial charge in [0.05, 0.1) is 12.5 Å². The fraction of sp³-hybridized carbons (Fsp3) is 0.571. The maximum Gasteiger partial charge on any atom is 0.231 e. The Kier molecular flexibility index (Phi) is 5.88. The summed E-state index contributed by atoms with van der Waals surface area (Å²) in [5.41, 5.74) is 0. The van der Waals surface area contributed by atoms with Crippen molar-refractivity contribution >= 4 is 5.91 Å². The third-order valence-corrected chi connectivity index (χ3v) is 5.70. The topological polar surface area (TPSA) is 68.5 Å². The van der Waals surface area contributed by atoms with Gasteiger partial charge in [-0.15, -0.1) is 0 Å². The van der Waals surface area contributed by atoms with Crippen molar-refractivity contribution in [1.82, 2.24) is 15.0 Å². The second-order valence-electron chi connectivity index (χ2n) is 7.71. The minimum Gasteiger partial charge on any atom is -0.493 e. The summed E-state index contributed by atoms with van der Waals surface area (Å²) in [5, 5.41) is 4.04. The Hall–Kier alpha value is -2.44. The number of amides is 1. The molecule has 2 aliphatic rings. The predicted octanol–water partition coefficient (Wildman–Crippen LogP) is 3.73. The molecule has 2 heterocycles. The number of aromatic nitrogens is 2. The van der Waals surface area contributed by atoms with Crippen molar-refractivity contribution in [2.24, 2.45) is 5.92 Å². The van der Waals surface area contributed by atoms with Crippen LogP contribution in [-0.2, 0) is 11.2 Å². The molecule has 4 rings (SSSR count). The number of likely N-dealkylation sites (tertiary alicyclic amines) is 1. The van der Waals surface area contributed by atoms with E-state index in [4.69, 9.17) is 9.26 Å². The Morgan fingerprint density at radius 1 is 1.18 bits per heavy atom. The molecule has 2 fully saturated rings. The molecule has 1 saturated carbocycles. The van der Waals surface area contributed by atoms with Gasteiger partial charge in [0.2, 0.25) is 11.8 Å². The normalized spacial score (nSPS) is 20.5. The van der Waals surface area contributed by atoms with Gasteiger partial charge in [-0.25, -0.2) is 4.39 Å². The number of hydrogen-bond acceptors (Lipinski definition) is 5. The van der Waals surface area contributed by atoms with Gasteiger partial charge in [-0.3, -0.25) is 4.79 Å². The van der Waals surface area contributed by atoms with Crippen LogP contribution in [0, 0.1) is 11.7 Å². The van der Waals surface area contributed by atoms with Crippen LogP contribution in [0.2, 0.25) is 0 Å². The minimum atomic E-state index is -0.289. The minimum absolute atomic E-state index is 0.117. The Morgan fingerprint density at radius 3 is 2.75 bits per heavy atom. The molecular weight excluding hydrogens is 361 g/mol. The van der Waals surface area contributed by atoms with E-state index in [-0.39, 0.29) is 17.7 Å². The summed E-state index contributed by atoms with van der Waals surface area (Å²) in [6.07, 6.45) is 7.02. The second-order valence-corrected chi connectivity index (χ2v) is 7.71. The molecule has 1 aliphatic heterocycles. The van der Waals surface area contributed by atoms with E-state index in [1.165, 1.54) is 31.4 Å². The molecule has 1 saturated heterocycles. The lowest BCUT2D eigenvalue weighted by molar-refractivity contribution is -0.135. The van der Waals surface area contributed by atoms with Gasteiger partial charge in [-0.05, 0) is 43.5 Å². The van der Waals surface area contributed by atoms with E-state index in [2.05, 4.69) is 10.1 Å². The Bertz CT molecular complexity index is 786. The van der Waals surface area contributed by atoms with Crippen LogP contribution in [0.25, 0.3) is 0 Å². The van der Waals surface area contributed by atoms with E-state index in [1.807, 2.05) is 4.90 Å². The molecule has 0 bridgehead atoms. The smallest absolute Gasteiger partial charge is 0.231 e. The second kappa shape index (κ2) is 8.71. The molecule has 1 aliphatic carbocycles. The van der Waals surface area contributed by atoms with Gasteiger partial charge in [0.25, 0.3) is 0 Å².